The minimum atomic E-state index is -0.444. The molecule has 0 bridgehead atoms. The molecule has 1 aliphatic heterocycles. The number of fused-ring (bicyclic) bond motifs is 3. The minimum Gasteiger partial charge on any atom is -0.493 e. The van der Waals surface area contributed by atoms with Crippen LogP contribution in [0.3, 0.4) is 0 Å². The fourth-order valence-corrected chi connectivity index (χ4v) is 4.10. The largest absolute Gasteiger partial charge is 0.493 e. The lowest BCUT2D eigenvalue weighted by molar-refractivity contribution is -0.143. The van der Waals surface area contributed by atoms with E-state index in [1.54, 1.807) is 21.1 Å². The molecule has 0 saturated carbocycles. The monoisotopic (exact) mass is 453 g/mol. The predicted molar refractivity (Wildman–Crippen MR) is 123 cm³/mol. The van der Waals surface area contributed by atoms with Crippen molar-refractivity contribution in [2.75, 3.05) is 32.5 Å². The first-order chi connectivity index (χ1) is 16.0. The van der Waals surface area contributed by atoms with Crippen LogP contribution >= 0.6 is 0 Å². The van der Waals surface area contributed by atoms with E-state index in [1.165, 1.54) is 0 Å². The number of aryl methyl sites for hydroxylation is 1. The maximum absolute atomic E-state index is 12.8. The number of carbonyl (C=O) groups excluding carboxylic acids is 1. The number of carbonyl (C=O) groups is 1. The lowest BCUT2D eigenvalue weighted by atomic mass is 9.99. The van der Waals surface area contributed by atoms with Gasteiger partial charge in [-0.05, 0) is 50.1 Å². The molecule has 8 heteroatoms. The first-order valence-electron chi connectivity index (χ1n) is 10.8. The zero-order chi connectivity index (χ0) is 23.5. The SMILES string of the molecule is CCOC(=O)CCc1c(C)c2ccc3c(c2oc1=O)CN(c1ccc(OC)c(OC)c1)CO3. The van der Waals surface area contributed by atoms with E-state index in [0.29, 0.717) is 48.3 Å². The van der Waals surface area contributed by atoms with Gasteiger partial charge in [-0.3, -0.25) is 4.79 Å². The van der Waals surface area contributed by atoms with Gasteiger partial charge in [-0.15, -0.1) is 0 Å². The Hall–Kier alpha value is -3.68. The van der Waals surface area contributed by atoms with Crippen molar-refractivity contribution in [2.24, 2.45) is 0 Å². The van der Waals surface area contributed by atoms with E-state index in [2.05, 4.69) is 0 Å². The molecule has 0 aliphatic carbocycles. The van der Waals surface area contributed by atoms with Crippen molar-refractivity contribution in [1.29, 1.82) is 0 Å². The highest BCUT2D eigenvalue weighted by atomic mass is 16.5. The van der Waals surface area contributed by atoms with Crippen LogP contribution in [0, 0.1) is 6.92 Å². The van der Waals surface area contributed by atoms with Crippen molar-refractivity contribution in [3.8, 4) is 17.2 Å². The van der Waals surface area contributed by atoms with Crippen LogP contribution in [0.1, 0.15) is 30.0 Å². The third kappa shape index (κ3) is 4.33. The number of ether oxygens (including phenoxy) is 4. The van der Waals surface area contributed by atoms with Crippen LogP contribution in [0.5, 0.6) is 17.2 Å². The zero-order valence-electron chi connectivity index (χ0n) is 19.2. The van der Waals surface area contributed by atoms with Crippen LogP contribution in [-0.4, -0.2) is 33.5 Å². The van der Waals surface area contributed by atoms with E-state index in [4.69, 9.17) is 23.4 Å². The number of methoxy groups -OCH3 is 2. The highest BCUT2D eigenvalue weighted by molar-refractivity contribution is 5.86. The topological polar surface area (TPSA) is 87.4 Å². The second-order valence-electron chi connectivity index (χ2n) is 7.73. The molecule has 3 aromatic rings. The molecule has 0 fully saturated rings. The first kappa shape index (κ1) is 22.5. The summed E-state index contributed by atoms with van der Waals surface area (Å²) in [7, 11) is 3.18. The Morgan fingerprint density at radius 2 is 1.91 bits per heavy atom. The van der Waals surface area contributed by atoms with Crippen LogP contribution in [-0.2, 0) is 22.5 Å². The summed E-state index contributed by atoms with van der Waals surface area (Å²) in [5, 5.41) is 0.824. The van der Waals surface area contributed by atoms with Crippen molar-refractivity contribution in [3.05, 3.63) is 57.4 Å². The van der Waals surface area contributed by atoms with Gasteiger partial charge in [-0.2, -0.15) is 0 Å². The molecule has 0 saturated heterocycles. The average molecular weight is 453 g/mol. The molecule has 0 atom stereocenters. The molecule has 1 aliphatic rings. The van der Waals surface area contributed by atoms with Gasteiger partial charge in [0.1, 0.15) is 11.3 Å². The van der Waals surface area contributed by atoms with Gasteiger partial charge >= 0.3 is 11.6 Å². The third-order valence-corrected chi connectivity index (χ3v) is 5.86. The Kier molecular flexibility index (Phi) is 6.44. The summed E-state index contributed by atoms with van der Waals surface area (Å²) in [5.41, 5.74) is 3.03. The molecule has 0 amide bonds. The second-order valence-corrected chi connectivity index (χ2v) is 7.73. The molecule has 0 radical (unpaired) electrons. The van der Waals surface area contributed by atoms with E-state index >= 15 is 0 Å². The van der Waals surface area contributed by atoms with Crippen molar-refractivity contribution in [2.45, 2.75) is 33.2 Å². The smallest absolute Gasteiger partial charge is 0.339 e. The Morgan fingerprint density at radius 1 is 1.12 bits per heavy atom. The van der Waals surface area contributed by atoms with Gasteiger partial charge in [0.25, 0.3) is 0 Å². The molecule has 2 aromatic carbocycles. The lowest BCUT2D eigenvalue weighted by Gasteiger charge is -2.31. The second kappa shape index (κ2) is 9.44. The summed E-state index contributed by atoms with van der Waals surface area (Å²) < 4.78 is 27.5. The van der Waals surface area contributed by atoms with E-state index in [1.807, 2.05) is 42.2 Å². The molecule has 1 aromatic heterocycles. The Bertz CT molecular complexity index is 1250. The average Bonchev–Trinajstić information content (AvgIpc) is 2.83. The van der Waals surface area contributed by atoms with Crippen molar-refractivity contribution < 1.29 is 28.2 Å². The fraction of sp³-hybridized carbons (Fsp3) is 0.360. The van der Waals surface area contributed by atoms with E-state index in [0.717, 1.165) is 22.2 Å². The molecular weight excluding hydrogens is 426 g/mol. The summed E-state index contributed by atoms with van der Waals surface area (Å²) in [6.45, 7) is 4.78. The van der Waals surface area contributed by atoms with Gasteiger partial charge in [0.15, 0.2) is 18.2 Å². The molecule has 2 heterocycles. The summed E-state index contributed by atoms with van der Waals surface area (Å²) >= 11 is 0. The zero-order valence-corrected chi connectivity index (χ0v) is 19.2. The normalized spacial score (nSPS) is 12.8. The summed E-state index contributed by atoms with van der Waals surface area (Å²) in [4.78, 5) is 26.6. The standard InChI is InChI=1S/C25H27NO7/c1-5-31-23(27)11-8-18-15(2)17-7-10-20-19(24(17)33-25(18)28)13-26(14-32-20)16-6-9-21(29-3)22(12-16)30-4/h6-7,9-10,12H,5,8,11,13-14H2,1-4H3. The molecule has 8 nitrogen and oxygen atoms in total. The summed E-state index contributed by atoms with van der Waals surface area (Å²) in [6.07, 6.45) is 0.403. The first-order valence-corrected chi connectivity index (χ1v) is 10.8. The quantitative estimate of drug-likeness (QED) is 0.392. The van der Waals surface area contributed by atoms with Crippen molar-refractivity contribution >= 4 is 22.6 Å². The maximum atomic E-state index is 12.8. The highest BCUT2D eigenvalue weighted by Crippen LogP contribution is 2.37. The Balaban J connectivity index is 1.69. The van der Waals surface area contributed by atoms with Gasteiger partial charge in [-0.25, -0.2) is 4.79 Å². The lowest BCUT2D eigenvalue weighted by Crippen LogP contribution is -2.32. The molecule has 33 heavy (non-hydrogen) atoms. The van der Waals surface area contributed by atoms with Gasteiger partial charge in [0.05, 0.1) is 32.9 Å². The van der Waals surface area contributed by atoms with Gasteiger partial charge in [-0.1, -0.05) is 0 Å². The Labute approximate surface area is 191 Å². The number of anilines is 1. The summed E-state index contributed by atoms with van der Waals surface area (Å²) in [5.74, 6) is 1.61. The van der Waals surface area contributed by atoms with Crippen molar-refractivity contribution in [1.82, 2.24) is 0 Å². The molecule has 0 unspecified atom stereocenters. The number of rotatable bonds is 7. The fourth-order valence-electron chi connectivity index (χ4n) is 4.10. The van der Waals surface area contributed by atoms with Crippen LogP contribution in [0.15, 0.2) is 39.5 Å². The Morgan fingerprint density at radius 3 is 2.64 bits per heavy atom. The number of hydrogen-bond acceptors (Lipinski definition) is 8. The minimum absolute atomic E-state index is 0.131. The molecule has 4 rings (SSSR count). The van der Waals surface area contributed by atoms with Gasteiger partial charge in [0, 0.05) is 29.1 Å². The van der Waals surface area contributed by atoms with Crippen LogP contribution < -0.4 is 24.7 Å². The van der Waals surface area contributed by atoms with Gasteiger partial charge in [0.2, 0.25) is 0 Å². The predicted octanol–water partition coefficient (Wildman–Crippen LogP) is 3.97. The molecule has 0 spiro atoms. The highest BCUT2D eigenvalue weighted by Gasteiger charge is 2.24. The molecular formula is C25H27NO7. The number of esters is 1. The van der Waals surface area contributed by atoms with Crippen LogP contribution in [0.25, 0.3) is 11.0 Å². The third-order valence-electron chi connectivity index (χ3n) is 5.86. The van der Waals surface area contributed by atoms with Gasteiger partial charge < -0.3 is 28.3 Å². The van der Waals surface area contributed by atoms with Crippen LogP contribution in [0.2, 0.25) is 0 Å². The molecule has 174 valence electrons. The maximum Gasteiger partial charge on any atom is 0.339 e. The van der Waals surface area contributed by atoms with E-state index in [9.17, 15) is 9.59 Å². The number of hydrogen-bond donors (Lipinski definition) is 0. The van der Waals surface area contributed by atoms with E-state index < -0.39 is 5.63 Å². The van der Waals surface area contributed by atoms with Crippen molar-refractivity contribution in [3.63, 3.8) is 0 Å². The van der Waals surface area contributed by atoms with Crippen LogP contribution in [0.4, 0.5) is 5.69 Å². The summed E-state index contributed by atoms with van der Waals surface area (Å²) in [6, 6.07) is 9.44. The number of benzene rings is 2. The molecule has 0 N–H and O–H groups in total. The van der Waals surface area contributed by atoms with E-state index in [-0.39, 0.29) is 18.8 Å². The number of nitrogens with zero attached hydrogens (tertiary/aromatic N) is 1.